The molecule has 0 aromatic heterocycles. The molecule has 0 aliphatic carbocycles. The van der Waals surface area contributed by atoms with E-state index in [2.05, 4.69) is 0 Å². The van der Waals surface area contributed by atoms with Crippen LogP contribution < -0.4 is 0 Å². The summed E-state index contributed by atoms with van der Waals surface area (Å²) in [5, 5.41) is 11.2. The molecule has 0 aliphatic heterocycles. The number of hydrogen-bond acceptors (Lipinski definition) is 3. The Morgan fingerprint density at radius 1 is 1.27 bits per heavy atom. The molecule has 0 amide bonds. The highest BCUT2D eigenvalue weighted by Gasteiger charge is 2.35. The fourth-order valence-electron chi connectivity index (χ4n) is 1.95. The van der Waals surface area contributed by atoms with E-state index in [0.717, 1.165) is 0 Å². The van der Waals surface area contributed by atoms with Crippen LogP contribution in [0.25, 0.3) is 0 Å². The highest BCUT2D eigenvalue weighted by Crippen LogP contribution is 2.33. The SMILES string of the molecule is CN(C)OC(C)(C)CC(C)(C)C(O)CF. The number of nitrogens with zero attached hydrogens (tertiary/aromatic N) is 1. The van der Waals surface area contributed by atoms with Gasteiger partial charge in [-0.25, -0.2) is 4.39 Å². The van der Waals surface area contributed by atoms with Gasteiger partial charge in [-0.1, -0.05) is 13.8 Å². The van der Waals surface area contributed by atoms with Gasteiger partial charge in [-0.2, -0.15) is 5.06 Å². The Morgan fingerprint density at radius 3 is 2.07 bits per heavy atom. The average molecular weight is 221 g/mol. The number of hydrogen-bond donors (Lipinski definition) is 1. The second-order valence-corrected chi connectivity index (χ2v) is 5.50. The maximum Gasteiger partial charge on any atom is 0.116 e. The average Bonchev–Trinajstić information content (AvgIpc) is 1.97. The molecule has 0 saturated carbocycles. The summed E-state index contributed by atoms with van der Waals surface area (Å²) < 4.78 is 12.4. The smallest absolute Gasteiger partial charge is 0.116 e. The summed E-state index contributed by atoms with van der Waals surface area (Å²) in [4.78, 5) is 5.57. The normalized spacial score (nSPS) is 15.8. The number of aliphatic hydroxyl groups is 1. The van der Waals surface area contributed by atoms with Crippen LogP contribution in [0.3, 0.4) is 0 Å². The van der Waals surface area contributed by atoms with E-state index in [4.69, 9.17) is 4.84 Å². The second kappa shape index (κ2) is 5.23. The lowest BCUT2D eigenvalue weighted by Gasteiger charge is -2.38. The summed E-state index contributed by atoms with van der Waals surface area (Å²) in [6, 6.07) is 0. The summed E-state index contributed by atoms with van der Waals surface area (Å²) in [5.41, 5.74) is -0.905. The van der Waals surface area contributed by atoms with Crippen molar-refractivity contribution in [1.29, 1.82) is 0 Å². The van der Waals surface area contributed by atoms with E-state index in [9.17, 15) is 9.50 Å². The van der Waals surface area contributed by atoms with Crippen LogP contribution in [-0.2, 0) is 4.84 Å². The van der Waals surface area contributed by atoms with Gasteiger partial charge in [-0.15, -0.1) is 0 Å². The zero-order valence-corrected chi connectivity index (χ0v) is 10.7. The Bertz CT molecular complexity index is 193. The molecule has 92 valence electrons. The Balaban J connectivity index is 4.42. The van der Waals surface area contributed by atoms with Crippen LogP contribution in [0, 0.1) is 5.41 Å². The van der Waals surface area contributed by atoms with Crippen molar-refractivity contribution in [1.82, 2.24) is 5.06 Å². The van der Waals surface area contributed by atoms with Gasteiger partial charge in [0.2, 0.25) is 0 Å². The van der Waals surface area contributed by atoms with Crippen LogP contribution in [0.4, 0.5) is 4.39 Å². The van der Waals surface area contributed by atoms with Crippen molar-refractivity contribution < 1.29 is 14.3 Å². The lowest BCUT2D eigenvalue weighted by Crippen LogP contribution is -2.41. The minimum atomic E-state index is -0.942. The topological polar surface area (TPSA) is 32.7 Å². The molecule has 0 rings (SSSR count). The number of rotatable bonds is 6. The highest BCUT2D eigenvalue weighted by atomic mass is 19.1. The second-order valence-electron chi connectivity index (χ2n) is 5.50. The largest absolute Gasteiger partial charge is 0.390 e. The van der Waals surface area contributed by atoms with Crippen molar-refractivity contribution in [2.75, 3.05) is 20.8 Å². The van der Waals surface area contributed by atoms with Crippen molar-refractivity contribution in [2.45, 2.75) is 45.8 Å². The maximum absolute atomic E-state index is 12.4. The minimum Gasteiger partial charge on any atom is -0.390 e. The van der Waals surface area contributed by atoms with Gasteiger partial charge < -0.3 is 5.11 Å². The molecule has 1 unspecified atom stereocenters. The van der Waals surface area contributed by atoms with E-state index >= 15 is 0 Å². The molecule has 0 heterocycles. The molecule has 0 radical (unpaired) electrons. The quantitative estimate of drug-likeness (QED) is 0.696. The van der Waals surface area contributed by atoms with Crippen molar-refractivity contribution >= 4 is 0 Å². The predicted molar refractivity (Wildman–Crippen MR) is 59.2 cm³/mol. The van der Waals surface area contributed by atoms with Gasteiger partial charge in [-0.05, 0) is 25.7 Å². The first-order valence-corrected chi connectivity index (χ1v) is 5.21. The van der Waals surface area contributed by atoms with Gasteiger partial charge in [0, 0.05) is 14.1 Å². The molecule has 15 heavy (non-hydrogen) atoms. The third-order valence-corrected chi connectivity index (χ3v) is 2.36. The first-order chi connectivity index (χ1) is 6.60. The number of aliphatic hydroxyl groups excluding tert-OH is 1. The Kier molecular flexibility index (Phi) is 5.17. The molecule has 0 spiro atoms. The van der Waals surface area contributed by atoms with E-state index in [-0.39, 0.29) is 0 Å². The van der Waals surface area contributed by atoms with E-state index < -0.39 is 23.8 Å². The van der Waals surface area contributed by atoms with Gasteiger partial charge in [0.25, 0.3) is 0 Å². The molecular formula is C11H24FNO2. The van der Waals surface area contributed by atoms with Crippen LogP contribution >= 0.6 is 0 Å². The van der Waals surface area contributed by atoms with Crippen LogP contribution in [0.1, 0.15) is 34.1 Å². The summed E-state index contributed by atoms with van der Waals surface area (Å²) >= 11 is 0. The van der Waals surface area contributed by atoms with Crippen molar-refractivity contribution in [3.8, 4) is 0 Å². The molecule has 0 fully saturated rings. The lowest BCUT2D eigenvalue weighted by atomic mass is 9.78. The molecule has 4 heteroatoms. The highest BCUT2D eigenvalue weighted by molar-refractivity contribution is 4.84. The Labute approximate surface area is 92.2 Å². The third kappa shape index (κ3) is 5.44. The molecule has 1 N–H and O–H groups in total. The van der Waals surface area contributed by atoms with Crippen LogP contribution in [0.15, 0.2) is 0 Å². The summed E-state index contributed by atoms with van der Waals surface area (Å²) in [5.74, 6) is 0. The molecule has 1 atom stereocenters. The van der Waals surface area contributed by atoms with Gasteiger partial charge in [0.1, 0.15) is 6.67 Å². The van der Waals surface area contributed by atoms with Gasteiger partial charge >= 0.3 is 0 Å². The number of alkyl halides is 1. The van der Waals surface area contributed by atoms with Crippen molar-refractivity contribution in [3.63, 3.8) is 0 Å². The fraction of sp³-hybridized carbons (Fsp3) is 1.00. The van der Waals surface area contributed by atoms with E-state index in [1.807, 2.05) is 27.7 Å². The molecule has 0 aromatic carbocycles. The van der Waals surface area contributed by atoms with Gasteiger partial charge in [0.05, 0.1) is 11.7 Å². The lowest BCUT2D eigenvalue weighted by molar-refractivity contribution is -0.221. The number of hydroxylamine groups is 2. The zero-order valence-electron chi connectivity index (χ0n) is 10.7. The van der Waals surface area contributed by atoms with Crippen molar-refractivity contribution in [2.24, 2.45) is 5.41 Å². The number of halogens is 1. The summed E-state index contributed by atoms with van der Waals surface area (Å²) in [6.45, 7) is 6.83. The first kappa shape index (κ1) is 14.8. The monoisotopic (exact) mass is 221 g/mol. The fourth-order valence-corrected chi connectivity index (χ4v) is 1.95. The summed E-state index contributed by atoms with van der Waals surface area (Å²) in [7, 11) is 3.61. The standard InChI is InChI=1S/C11H24FNO2/c1-10(2,9(14)7-12)8-11(3,4)15-13(5)6/h9,14H,7-8H2,1-6H3. The Hall–Kier alpha value is -0.190. The van der Waals surface area contributed by atoms with Crippen LogP contribution in [0.5, 0.6) is 0 Å². The third-order valence-electron chi connectivity index (χ3n) is 2.36. The molecule has 3 nitrogen and oxygen atoms in total. The van der Waals surface area contributed by atoms with E-state index in [1.165, 1.54) is 0 Å². The Morgan fingerprint density at radius 2 is 1.73 bits per heavy atom. The van der Waals surface area contributed by atoms with E-state index in [0.29, 0.717) is 6.42 Å². The molecular weight excluding hydrogens is 197 g/mol. The van der Waals surface area contributed by atoms with Crippen molar-refractivity contribution in [3.05, 3.63) is 0 Å². The minimum absolute atomic E-state index is 0.414. The first-order valence-electron chi connectivity index (χ1n) is 5.21. The van der Waals surface area contributed by atoms with Crippen LogP contribution in [-0.4, -0.2) is 42.6 Å². The molecule has 0 saturated heterocycles. The summed E-state index contributed by atoms with van der Waals surface area (Å²) in [6.07, 6.45) is -0.356. The van der Waals surface area contributed by atoms with Gasteiger partial charge in [-0.3, -0.25) is 4.84 Å². The van der Waals surface area contributed by atoms with Crippen LogP contribution in [0.2, 0.25) is 0 Å². The molecule has 0 bridgehead atoms. The predicted octanol–water partition coefficient (Wildman–Crippen LogP) is 2.00. The van der Waals surface area contributed by atoms with Gasteiger partial charge in [0.15, 0.2) is 0 Å². The van der Waals surface area contributed by atoms with E-state index in [1.54, 1.807) is 19.2 Å². The zero-order chi connectivity index (χ0) is 12.3. The molecule has 0 aromatic rings. The maximum atomic E-state index is 12.4. The molecule has 0 aliphatic rings.